The van der Waals surface area contributed by atoms with E-state index in [1.165, 1.54) is 25.7 Å². The summed E-state index contributed by atoms with van der Waals surface area (Å²) in [6.45, 7) is 2.98. The predicted molar refractivity (Wildman–Crippen MR) is 44.3 cm³/mol. The fraction of sp³-hybridized carbons (Fsp3) is 1.00. The van der Waals surface area contributed by atoms with Gasteiger partial charge in [-0.2, -0.15) is 0 Å². The van der Waals surface area contributed by atoms with Crippen LogP contribution in [0.5, 0.6) is 0 Å². The summed E-state index contributed by atoms with van der Waals surface area (Å²) in [4.78, 5) is 0. The van der Waals surface area contributed by atoms with Crippen LogP contribution in [-0.2, 0) is 4.74 Å². The molecule has 0 radical (unpaired) electrons. The number of hydrogen-bond donors (Lipinski definition) is 1. The first-order valence-corrected chi connectivity index (χ1v) is 4.62. The minimum atomic E-state index is 0.374. The van der Waals surface area contributed by atoms with E-state index in [2.05, 4.69) is 6.92 Å². The predicted octanol–water partition coefficient (Wildman–Crippen LogP) is 1.29. The molecule has 0 aromatic rings. The second-order valence-corrected chi connectivity index (χ2v) is 4.10. The Hall–Kier alpha value is -0.0800. The zero-order valence-electron chi connectivity index (χ0n) is 7.18. The van der Waals surface area contributed by atoms with Gasteiger partial charge in [0.1, 0.15) is 0 Å². The van der Waals surface area contributed by atoms with Gasteiger partial charge in [-0.15, -0.1) is 0 Å². The average Bonchev–Trinajstić information content (AvgIpc) is 2.43. The number of fused-ring (bicyclic) bond motifs is 1. The van der Waals surface area contributed by atoms with Crippen molar-refractivity contribution in [2.24, 2.45) is 11.1 Å². The van der Waals surface area contributed by atoms with Crippen LogP contribution in [0, 0.1) is 5.41 Å². The molecule has 2 heteroatoms. The Labute approximate surface area is 68.1 Å². The molecule has 11 heavy (non-hydrogen) atoms. The molecule has 1 saturated carbocycles. The lowest BCUT2D eigenvalue weighted by atomic mass is 9.82. The largest absolute Gasteiger partial charge is 0.375 e. The van der Waals surface area contributed by atoms with Gasteiger partial charge in [0.2, 0.25) is 0 Å². The second kappa shape index (κ2) is 2.46. The Morgan fingerprint density at radius 2 is 2.45 bits per heavy atom. The van der Waals surface area contributed by atoms with Gasteiger partial charge in [0, 0.05) is 12.0 Å². The third kappa shape index (κ3) is 1.00. The zero-order valence-corrected chi connectivity index (χ0v) is 7.18. The molecule has 0 bridgehead atoms. The summed E-state index contributed by atoms with van der Waals surface area (Å²) in [5.74, 6) is 0. The van der Waals surface area contributed by atoms with E-state index in [0.717, 1.165) is 6.54 Å². The van der Waals surface area contributed by atoms with Crippen LogP contribution in [0.4, 0.5) is 0 Å². The van der Waals surface area contributed by atoms with E-state index in [1.54, 1.807) is 0 Å². The topological polar surface area (TPSA) is 35.2 Å². The van der Waals surface area contributed by atoms with Crippen molar-refractivity contribution in [3.63, 3.8) is 0 Å². The first-order valence-electron chi connectivity index (χ1n) is 4.62. The van der Waals surface area contributed by atoms with E-state index in [0.29, 0.717) is 17.6 Å². The van der Waals surface area contributed by atoms with E-state index in [1.807, 2.05) is 0 Å². The van der Waals surface area contributed by atoms with Gasteiger partial charge in [-0.25, -0.2) is 0 Å². The summed E-state index contributed by atoms with van der Waals surface area (Å²) in [5, 5.41) is 0. The summed E-state index contributed by atoms with van der Waals surface area (Å²) in [6.07, 6.45) is 5.97. The first kappa shape index (κ1) is 7.56. The van der Waals surface area contributed by atoms with Crippen molar-refractivity contribution in [1.29, 1.82) is 0 Å². The second-order valence-electron chi connectivity index (χ2n) is 4.10. The minimum absolute atomic E-state index is 0.374. The highest BCUT2D eigenvalue weighted by Crippen LogP contribution is 2.48. The van der Waals surface area contributed by atoms with Crippen LogP contribution < -0.4 is 5.73 Å². The highest BCUT2D eigenvalue weighted by Gasteiger charge is 2.48. The molecule has 2 aliphatic rings. The maximum atomic E-state index is 5.80. The van der Waals surface area contributed by atoms with Crippen LogP contribution in [-0.4, -0.2) is 18.8 Å². The molecule has 0 spiro atoms. The lowest BCUT2D eigenvalue weighted by molar-refractivity contribution is 0.0349. The van der Waals surface area contributed by atoms with E-state index < -0.39 is 0 Å². The lowest BCUT2D eigenvalue weighted by Gasteiger charge is -2.24. The van der Waals surface area contributed by atoms with Crippen molar-refractivity contribution >= 4 is 0 Å². The zero-order chi connectivity index (χ0) is 7.90. The molecule has 1 heterocycles. The number of nitrogens with two attached hydrogens (primary N) is 1. The highest BCUT2D eigenvalue weighted by molar-refractivity contribution is 4.99. The van der Waals surface area contributed by atoms with Crippen LogP contribution in [0.25, 0.3) is 0 Å². The Balaban J connectivity index is 2.15. The summed E-state index contributed by atoms with van der Waals surface area (Å²) in [7, 11) is 0. The fourth-order valence-corrected chi connectivity index (χ4v) is 2.77. The summed E-state index contributed by atoms with van der Waals surface area (Å²) in [5.41, 5.74) is 6.17. The third-order valence-electron chi connectivity index (χ3n) is 3.32. The SMILES string of the molecule is CC1CC2(CN)CCCC2O1. The molecule has 1 saturated heterocycles. The normalized spacial score (nSPS) is 49.6. The van der Waals surface area contributed by atoms with Crippen molar-refractivity contribution in [1.82, 2.24) is 0 Å². The van der Waals surface area contributed by atoms with Gasteiger partial charge in [-0.1, -0.05) is 6.42 Å². The van der Waals surface area contributed by atoms with Crippen molar-refractivity contribution < 1.29 is 4.74 Å². The summed E-state index contributed by atoms with van der Waals surface area (Å²) < 4.78 is 5.80. The number of hydrogen-bond acceptors (Lipinski definition) is 2. The standard InChI is InChI=1S/C9H17NO/c1-7-5-9(6-10)4-2-3-8(9)11-7/h7-8H,2-6,10H2,1H3. The molecule has 2 nitrogen and oxygen atoms in total. The van der Waals surface area contributed by atoms with Gasteiger partial charge in [-0.05, 0) is 26.2 Å². The lowest BCUT2D eigenvalue weighted by Crippen LogP contribution is -2.33. The molecule has 1 aliphatic carbocycles. The van der Waals surface area contributed by atoms with Crippen LogP contribution in [0.15, 0.2) is 0 Å². The molecule has 1 aliphatic heterocycles. The molecule has 2 N–H and O–H groups in total. The molecule has 3 unspecified atom stereocenters. The Morgan fingerprint density at radius 3 is 3.09 bits per heavy atom. The highest BCUT2D eigenvalue weighted by atomic mass is 16.5. The Morgan fingerprint density at radius 1 is 1.64 bits per heavy atom. The fourth-order valence-electron chi connectivity index (χ4n) is 2.77. The first-order chi connectivity index (χ1) is 5.27. The van der Waals surface area contributed by atoms with Gasteiger partial charge in [0.05, 0.1) is 12.2 Å². The van der Waals surface area contributed by atoms with Crippen molar-refractivity contribution in [3.8, 4) is 0 Å². The van der Waals surface area contributed by atoms with Gasteiger partial charge < -0.3 is 10.5 Å². The smallest absolute Gasteiger partial charge is 0.0648 e. The molecule has 3 atom stereocenters. The maximum Gasteiger partial charge on any atom is 0.0648 e. The summed E-state index contributed by atoms with van der Waals surface area (Å²) >= 11 is 0. The maximum absolute atomic E-state index is 5.80. The van der Waals surface area contributed by atoms with Crippen LogP contribution in [0.2, 0.25) is 0 Å². The molecule has 0 aromatic heterocycles. The van der Waals surface area contributed by atoms with Crippen LogP contribution in [0.3, 0.4) is 0 Å². The molecule has 2 fully saturated rings. The molecule has 0 amide bonds. The van der Waals surface area contributed by atoms with Crippen molar-refractivity contribution in [3.05, 3.63) is 0 Å². The van der Waals surface area contributed by atoms with Gasteiger partial charge in [0.15, 0.2) is 0 Å². The quantitative estimate of drug-likeness (QED) is 0.619. The van der Waals surface area contributed by atoms with Crippen molar-refractivity contribution in [2.45, 2.75) is 44.8 Å². The van der Waals surface area contributed by atoms with Crippen LogP contribution in [0.1, 0.15) is 32.6 Å². The number of rotatable bonds is 1. The van der Waals surface area contributed by atoms with Crippen LogP contribution >= 0.6 is 0 Å². The molecular formula is C9H17NO. The van der Waals surface area contributed by atoms with Gasteiger partial charge >= 0.3 is 0 Å². The average molecular weight is 155 g/mol. The molecule has 2 rings (SSSR count). The van der Waals surface area contributed by atoms with Crippen molar-refractivity contribution in [2.75, 3.05) is 6.54 Å². The van der Waals surface area contributed by atoms with Gasteiger partial charge in [0.25, 0.3) is 0 Å². The minimum Gasteiger partial charge on any atom is -0.375 e. The van der Waals surface area contributed by atoms with E-state index in [-0.39, 0.29) is 0 Å². The third-order valence-corrected chi connectivity index (χ3v) is 3.32. The molecular weight excluding hydrogens is 138 g/mol. The molecule has 64 valence electrons. The van der Waals surface area contributed by atoms with E-state index in [9.17, 15) is 0 Å². The Kier molecular flexibility index (Phi) is 1.69. The van der Waals surface area contributed by atoms with Gasteiger partial charge in [-0.3, -0.25) is 0 Å². The summed E-state index contributed by atoms with van der Waals surface area (Å²) in [6, 6.07) is 0. The van der Waals surface area contributed by atoms with E-state index >= 15 is 0 Å². The Bertz CT molecular complexity index is 160. The molecule has 0 aromatic carbocycles. The van der Waals surface area contributed by atoms with E-state index in [4.69, 9.17) is 10.5 Å². The number of ether oxygens (including phenoxy) is 1. The monoisotopic (exact) mass is 155 g/mol.